The van der Waals surface area contributed by atoms with E-state index in [0.717, 1.165) is 84.5 Å². The van der Waals surface area contributed by atoms with Gasteiger partial charge in [-0.15, -0.1) is 0 Å². The van der Waals surface area contributed by atoms with E-state index in [0.29, 0.717) is 31.6 Å². The molecule has 0 aromatic carbocycles. The second kappa shape index (κ2) is 12.8. The standard InChI is InChI=1S/C27H47N5O4/c1-28-11-12-30(2)17-23-25(21-5-9-27(10-6-21,19-34-3)20-35-4)24-18-31(13-14-32(24)29-23)26(33)22-7-15-36-16-8-22/h21-22,28H,5-20H2,1-4H3. The third-order valence-corrected chi connectivity index (χ3v) is 8.50. The third kappa shape index (κ3) is 6.30. The summed E-state index contributed by atoms with van der Waals surface area (Å²) in [6.45, 7) is 7.84. The minimum atomic E-state index is 0.0992. The van der Waals surface area contributed by atoms with E-state index >= 15 is 0 Å². The number of ether oxygens (including phenoxy) is 3. The predicted octanol–water partition coefficient (Wildman–Crippen LogP) is 2.24. The summed E-state index contributed by atoms with van der Waals surface area (Å²) in [4.78, 5) is 17.8. The number of hydrogen-bond donors (Lipinski definition) is 1. The minimum absolute atomic E-state index is 0.0992. The van der Waals surface area contributed by atoms with Gasteiger partial charge < -0.3 is 24.4 Å². The molecule has 9 nitrogen and oxygen atoms in total. The number of hydrogen-bond acceptors (Lipinski definition) is 7. The van der Waals surface area contributed by atoms with Crippen molar-refractivity contribution < 1.29 is 19.0 Å². The molecule has 2 aliphatic heterocycles. The van der Waals surface area contributed by atoms with Gasteiger partial charge >= 0.3 is 0 Å². The summed E-state index contributed by atoms with van der Waals surface area (Å²) >= 11 is 0. The van der Waals surface area contributed by atoms with E-state index in [9.17, 15) is 4.79 Å². The zero-order valence-electron chi connectivity index (χ0n) is 22.9. The number of carbonyl (C=O) groups excluding carboxylic acids is 1. The maximum atomic E-state index is 13.4. The number of carbonyl (C=O) groups is 1. The first kappa shape index (κ1) is 27.5. The Kier molecular flexibility index (Phi) is 9.80. The van der Waals surface area contributed by atoms with Gasteiger partial charge in [0.05, 0.1) is 37.7 Å². The lowest BCUT2D eigenvalue weighted by Gasteiger charge is -2.40. The van der Waals surface area contributed by atoms with Crippen LogP contribution in [0.3, 0.4) is 0 Å². The molecule has 2 fully saturated rings. The second-order valence-corrected chi connectivity index (χ2v) is 11.2. The zero-order valence-corrected chi connectivity index (χ0v) is 22.9. The molecule has 1 aromatic heterocycles. The van der Waals surface area contributed by atoms with Crippen molar-refractivity contribution in [2.45, 2.75) is 64.1 Å². The maximum absolute atomic E-state index is 13.4. The van der Waals surface area contributed by atoms with Crippen LogP contribution in [0.2, 0.25) is 0 Å². The Morgan fingerprint density at radius 1 is 1.14 bits per heavy atom. The largest absolute Gasteiger partial charge is 0.384 e. The number of methoxy groups -OCH3 is 2. The summed E-state index contributed by atoms with van der Waals surface area (Å²) in [5.74, 6) is 0.857. The lowest BCUT2D eigenvalue weighted by atomic mass is 9.69. The van der Waals surface area contributed by atoms with Gasteiger partial charge in [-0.2, -0.15) is 5.10 Å². The van der Waals surface area contributed by atoms with Gasteiger partial charge in [0.25, 0.3) is 0 Å². The van der Waals surface area contributed by atoms with Crippen LogP contribution in [0.4, 0.5) is 0 Å². The fourth-order valence-corrected chi connectivity index (χ4v) is 6.47. The minimum Gasteiger partial charge on any atom is -0.384 e. The van der Waals surface area contributed by atoms with Crippen LogP contribution in [-0.4, -0.2) is 99.9 Å². The average Bonchev–Trinajstić information content (AvgIpc) is 3.25. The van der Waals surface area contributed by atoms with E-state index < -0.39 is 0 Å². The Morgan fingerprint density at radius 2 is 1.83 bits per heavy atom. The Bertz CT molecular complexity index is 837. The fourth-order valence-electron chi connectivity index (χ4n) is 6.47. The highest BCUT2D eigenvalue weighted by Crippen LogP contribution is 2.45. The molecule has 1 aliphatic carbocycles. The summed E-state index contributed by atoms with van der Waals surface area (Å²) in [6.07, 6.45) is 6.06. The molecule has 9 heteroatoms. The van der Waals surface area contributed by atoms with Crippen molar-refractivity contribution in [2.75, 3.05) is 74.4 Å². The SMILES string of the molecule is CNCCN(C)Cc1nn2c(c1C1CCC(COC)(COC)CC1)CN(C(=O)C1CCOCC1)CC2. The Balaban J connectivity index is 1.56. The Labute approximate surface area is 216 Å². The van der Waals surface area contributed by atoms with Gasteiger partial charge in [-0.3, -0.25) is 14.4 Å². The van der Waals surface area contributed by atoms with Crippen LogP contribution in [-0.2, 0) is 38.6 Å². The monoisotopic (exact) mass is 505 g/mol. The molecule has 0 spiro atoms. The molecule has 204 valence electrons. The first-order chi connectivity index (χ1) is 17.5. The van der Waals surface area contributed by atoms with E-state index in [2.05, 4.69) is 26.8 Å². The third-order valence-electron chi connectivity index (χ3n) is 8.50. The van der Waals surface area contributed by atoms with Crippen LogP contribution >= 0.6 is 0 Å². The molecule has 1 N–H and O–H groups in total. The predicted molar refractivity (Wildman–Crippen MR) is 139 cm³/mol. The summed E-state index contributed by atoms with van der Waals surface area (Å²) in [6, 6.07) is 0. The van der Waals surface area contributed by atoms with Crippen molar-refractivity contribution in [1.82, 2.24) is 24.9 Å². The van der Waals surface area contributed by atoms with Crippen molar-refractivity contribution in [3.05, 3.63) is 17.0 Å². The molecular weight excluding hydrogens is 458 g/mol. The van der Waals surface area contributed by atoms with Gasteiger partial charge in [0.15, 0.2) is 0 Å². The first-order valence-electron chi connectivity index (χ1n) is 13.8. The fraction of sp³-hybridized carbons (Fsp3) is 0.852. The molecule has 3 aliphatic rings. The van der Waals surface area contributed by atoms with Crippen LogP contribution in [0, 0.1) is 11.3 Å². The van der Waals surface area contributed by atoms with Gasteiger partial charge in [0.2, 0.25) is 5.91 Å². The topological polar surface area (TPSA) is 81.1 Å². The molecule has 1 saturated heterocycles. The van der Waals surface area contributed by atoms with Crippen LogP contribution in [0.1, 0.15) is 61.4 Å². The maximum Gasteiger partial charge on any atom is 0.226 e. The lowest BCUT2D eigenvalue weighted by molar-refractivity contribution is -0.140. The Hall–Kier alpha value is -1.52. The number of fused-ring (bicyclic) bond motifs is 1. The molecule has 1 amide bonds. The number of amides is 1. The van der Waals surface area contributed by atoms with Gasteiger partial charge in [0, 0.05) is 70.5 Å². The highest BCUT2D eigenvalue weighted by atomic mass is 16.5. The highest BCUT2D eigenvalue weighted by molar-refractivity contribution is 5.79. The smallest absolute Gasteiger partial charge is 0.226 e. The molecule has 3 heterocycles. The molecular formula is C27H47N5O4. The molecule has 4 rings (SSSR count). The molecule has 36 heavy (non-hydrogen) atoms. The number of rotatable bonds is 11. The quantitative estimate of drug-likeness (QED) is 0.494. The van der Waals surface area contributed by atoms with Crippen molar-refractivity contribution in [1.29, 1.82) is 0 Å². The molecule has 0 unspecified atom stereocenters. The van der Waals surface area contributed by atoms with Crippen LogP contribution < -0.4 is 5.32 Å². The number of likely N-dealkylation sites (N-methyl/N-ethyl adjacent to an activating group) is 2. The summed E-state index contributed by atoms with van der Waals surface area (Å²) in [7, 11) is 7.75. The van der Waals surface area contributed by atoms with E-state index in [1.54, 1.807) is 14.2 Å². The van der Waals surface area contributed by atoms with Crippen molar-refractivity contribution in [3.63, 3.8) is 0 Å². The van der Waals surface area contributed by atoms with E-state index in [1.165, 1.54) is 17.0 Å². The molecule has 1 aromatic rings. The highest BCUT2D eigenvalue weighted by Gasteiger charge is 2.39. The second-order valence-electron chi connectivity index (χ2n) is 11.2. The van der Waals surface area contributed by atoms with Crippen LogP contribution in [0.15, 0.2) is 0 Å². The number of nitrogens with zero attached hydrogens (tertiary/aromatic N) is 4. The van der Waals surface area contributed by atoms with E-state index in [1.807, 2.05) is 7.05 Å². The molecule has 1 saturated carbocycles. The molecule has 0 atom stereocenters. The number of nitrogens with one attached hydrogen (secondary N) is 1. The van der Waals surface area contributed by atoms with Crippen molar-refractivity contribution in [3.8, 4) is 0 Å². The van der Waals surface area contributed by atoms with Crippen molar-refractivity contribution >= 4 is 5.91 Å². The van der Waals surface area contributed by atoms with Gasteiger partial charge in [-0.25, -0.2) is 0 Å². The van der Waals surface area contributed by atoms with Gasteiger partial charge in [-0.1, -0.05) is 0 Å². The molecule has 0 radical (unpaired) electrons. The number of aromatic nitrogens is 2. The first-order valence-corrected chi connectivity index (χ1v) is 13.8. The molecule has 0 bridgehead atoms. The normalized spacial score (nSPS) is 21.2. The van der Waals surface area contributed by atoms with Gasteiger partial charge in [-0.05, 0) is 58.5 Å². The van der Waals surface area contributed by atoms with Crippen LogP contribution in [0.5, 0.6) is 0 Å². The summed E-state index contributed by atoms with van der Waals surface area (Å²) in [5, 5.41) is 8.39. The average molecular weight is 506 g/mol. The summed E-state index contributed by atoms with van der Waals surface area (Å²) in [5.41, 5.74) is 3.95. The zero-order chi connectivity index (χ0) is 25.5. The van der Waals surface area contributed by atoms with Crippen LogP contribution in [0.25, 0.3) is 0 Å². The van der Waals surface area contributed by atoms with E-state index in [4.69, 9.17) is 19.3 Å². The Morgan fingerprint density at radius 3 is 2.47 bits per heavy atom. The lowest BCUT2D eigenvalue weighted by Crippen LogP contribution is -2.43. The van der Waals surface area contributed by atoms with Crippen molar-refractivity contribution in [2.24, 2.45) is 11.3 Å². The summed E-state index contributed by atoms with van der Waals surface area (Å²) < 4.78 is 18.9. The van der Waals surface area contributed by atoms with E-state index in [-0.39, 0.29) is 11.3 Å². The van der Waals surface area contributed by atoms with Gasteiger partial charge in [0.1, 0.15) is 0 Å².